The first-order valence-corrected chi connectivity index (χ1v) is 6.04. The van der Waals surface area contributed by atoms with Gasteiger partial charge in [-0.15, -0.1) is 13.2 Å². The summed E-state index contributed by atoms with van der Waals surface area (Å²) in [6, 6.07) is -0.891. The van der Waals surface area contributed by atoms with E-state index >= 15 is 0 Å². The fourth-order valence-corrected chi connectivity index (χ4v) is 1.88. The lowest BCUT2D eigenvalue weighted by atomic mass is 9.85. The van der Waals surface area contributed by atoms with Gasteiger partial charge in [-0.1, -0.05) is 12.2 Å². The molecule has 1 aliphatic rings. The van der Waals surface area contributed by atoms with Crippen LogP contribution in [-0.2, 0) is 9.53 Å². The molecule has 0 aromatic heterocycles. The fraction of sp³-hybridized carbons (Fsp3) is 0.538. The van der Waals surface area contributed by atoms with Crippen molar-refractivity contribution in [2.45, 2.75) is 13.0 Å². The molecule has 0 spiro atoms. The quantitative estimate of drug-likeness (QED) is 0.700. The van der Waals surface area contributed by atoms with Crippen LogP contribution >= 0.6 is 0 Å². The number of ether oxygens (including phenoxy) is 1. The van der Waals surface area contributed by atoms with E-state index in [2.05, 4.69) is 18.5 Å². The third-order valence-electron chi connectivity index (χ3n) is 3.23. The van der Waals surface area contributed by atoms with Gasteiger partial charge in [0, 0.05) is 13.1 Å². The summed E-state index contributed by atoms with van der Waals surface area (Å²) in [6.07, 6.45) is 3.20. The second kappa shape index (κ2) is 6.38. The molecule has 1 fully saturated rings. The Balaban J connectivity index is 2.71. The number of carbonyl (C=O) groups excluding carboxylic acids is 1. The first-order chi connectivity index (χ1) is 8.95. The molecule has 0 aliphatic carbocycles. The lowest BCUT2D eigenvalue weighted by Gasteiger charge is -2.28. The molecule has 1 heterocycles. The summed E-state index contributed by atoms with van der Waals surface area (Å²) < 4.78 is 5.18. The number of nitrogens with zero attached hydrogens (tertiary/aromatic N) is 1. The van der Waals surface area contributed by atoms with Gasteiger partial charge >= 0.3 is 12.0 Å². The van der Waals surface area contributed by atoms with Gasteiger partial charge in [0.25, 0.3) is 0 Å². The van der Waals surface area contributed by atoms with Gasteiger partial charge in [-0.3, -0.25) is 4.79 Å². The number of urea groups is 1. The summed E-state index contributed by atoms with van der Waals surface area (Å²) in [7, 11) is 0. The summed E-state index contributed by atoms with van der Waals surface area (Å²) in [5.41, 5.74) is -1.09. The zero-order chi connectivity index (χ0) is 14.5. The van der Waals surface area contributed by atoms with Crippen molar-refractivity contribution in [3.8, 4) is 0 Å². The highest BCUT2D eigenvalue weighted by molar-refractivity contribution is 5.79. The standard InChI is InChI=1S/C13H20N2O4/c1-4-6-15(7-5-2)12(18)14-10-8-19-9-13(10,3)11(16)17/h4-5,10H,1-2,6-9H2,3H3,(H,14,18)(H,16,17). The van der Waals surface area contributed by atoms with E-state index < -0.39 is 17.4 Å². The number of aliphatic carboxylic acids is 1. The maximum atomic E-state index is 12.1. The summed E-state index contributed by atoms with van der Waals surface area (Å²) in [5, 5.41) is 11.9. The van der Waals surface area contributed by atoms with Crippen molar-refractivity contribution in [3.63, 3.8) is 0 Å². The van der Waals surface area contributed by atoms with Gasteiger partial charge in [-0.05, 0) is 6.92 Å². The molecule has 2 N–H and O–H groups in total. The Hall–Kier alpha value is -1.82. The molecule has 106 valence electrons. The molecule has 0 saturated carbocycles. The Kier molecular flexibility index (Phi) is 5.11. The van der Waals surface area contributed by atoms with Crippen LogP contribution in [-0.4, -0.2) is 54.4 Å². The summed E-state index contributed by atoms with van der Waals surface area (Å²) >= 11 is 0. The van der Waals surface area contributed by atoms with Crippen molar-refractivity contribution in [1.29, 1.82) is 0 Å². The molecule has 2 atom stereocenters. The summed E-state index contributed by atoms with van der Waals surface area (Å²) in [6.45, 7) is 9.76. The van der Waals surface area contributed by atoms with E-state index in [-0.39, 0.29) is 19.2 Å². The second-order valence-electron chi connectivity index (χ2n) is 4.72. The van der Waals surface area contributed by atoms with Crippen molar-refractivity contribution in [3.05, 3.63) is 25.3 Å². The van der Waals surface area contributed by atoms with E-state index in [1.807, 2.05) is 0 Å². The molecule has 6 nitrogen and oxygen atoms in total. The van der Waals surface area contributed by atoms with E-state index in [0.717, 1.165) is 0 Å². The molecule has 1 rings (SSSR count). The normalized spacial score (nSPS) is 25.6. The Bertz CT molecular complexity index is 373. The molecule has 0 bridgehead atoms. The van der Waals surface area contributed by atoms with Crippen molar-refractivity contribution in [1.82, 2.24) is 10.2 Å². The molecule has 19 heavy (non-hydrogen) atoms. The van der Waals surface area contributed by atoms with Crippen LogP contribution in [0.25, 0.3) is 0 Å². The van der Waals surface area contributed by atoms with Gasteiger partial charge in [0.2, 0.25) is 0 Å². The van der Waals surface area contributed by atoms with Gasteiger partial charge in [0.15, 0.2) is 0 Å². The predicted molar refractivity (Wildman–Crippen MR) is 70.8 cm³/mol. The van der Waals surface area contributed by atoms with E-state index in [9.17, 15) is 14.7 Å². The number of hydrogen-bond acceptors (Lipinski definition) is 3. The molecule has 1 saturated heterocycles. The van der Waals surface area contributed by atoms with Crippen LogP contribution < -0.4 is 5.32 Å². The highest BCUT2D eigenvalue weighted by Crippen LogP contribution is 2.28. The Labute approximate surface area is 112 Å². The molecule has 0 radical (unpaired) electrons. The molecular weight excluding hydrogens is 248 g/mol. The molecule has 2 amide bonds. The van der Waals surface area contributed by atoms with Gasteiger partial charge in [-0.25, -0.2) is 4.79 Å². The van der Waals surface area contributed by atoms with Crippen LogP contribution in [0.2, 0.25) is 0 Å². The lowest BCUT2D eigenvalue weighted by Crippen LogP contribution is -2.53. The van der Waals surface area contributed by atoms with Crippen LogP contribution in [0, 0.1) is 5.41 Å². The summed E-state index contributed by atoms with van der Waals surface area (Å²) in [4.78, 5) is 24.8. The van der Waals surface area contributed by atoms with Crippen LogP contribution in [0.4, 0.5) is 4.79 Å². The highest BCUT2D eigenvalue weighted by atomic mass is 16.5. The smallest absolute Gasteiger partial charge is 0.318 e. The van der Waals surface area contributed by atoms with E-state index in [1.165, 1.54) is 4.90 Å². The third-order valence-corrected chi connectivity index (χ3v) is 3.23. The summed E-state index contributed by atoms with van der Waals surface area (Å²) in [5.74, 6) is -0.978. The van der Waals surface area contributed by atoms with E-state index in [1.54, 1.807) is 19.1 Å². The Morgan fingerprint density at radius 1 is 1.47 bits per heavy atom. The molecular formula is C13H20N2O4. The maximum absolute atomic E-state index is 12.1. The maximum Gasteiger partial charge on any atom is 0.318 e. The average Bonchev–Trinajstić information content (AvgIpc) is 2.72. The highest BCUT2D eigenvalue weighted by Gasteiger charge is 2.47. The number of hydrogen-bond donors (Lipinski definition) is 2. The van der Waals surface area contributed by atoms with Gasteiger partial charge in [0.05, 0.1) is 19.3 Å². The van der Waals surface area contributed by atoms with Gasteiger partial charge < -0.3 is 20.1 Å². The first-order valence-electron chi connectivity index (χ1n) is 6.04. The first kappa shape index (κ1) is 15.2. The van der Waals surface area contributed by atoms with E-state index in [4.69, 9.17) is 4.74 Å². The SMILES string of the molecule is C=CCN(CC=C)C(=O)NC1COCC1(C)C(=O)O. The lowest BCUT2D eigenvalue weighted by molar-refractivity contribution is -0.148. The largest absolute Gasteiger partial charge is 0.481 e. The second-order valence-corrected chi connectivity index (χ2v) is 4.72. The van der Waals surface area contributed by atoms with Crippen molar-refractivity contribution in [2.24, 2.45) is 5.41 Å². The van der Waals surface area contributed by atoms with Gasteiger partial charge in [-0.2, -0.15) is 0 Å². The monoisotopic (exact) mass is 268 g/mol. The van der Waals surface area contributed by atoms with Gasteiger partial charge in [0.1, 0.15) is 5.41 Å². The molecule has 1 aliphatic heterocycles. The topological polar surface area (TPSA) is 78.9 Å². The number of carboxylic acid groups (broad SMARTS) is 1. The van der Waals surface area contributed by atoms with Crippen LogP contribution in [0.3, 0.4) is 0 Å². The van der Waals surface area contributed by atoms with Crippen LogP contribution in [0.1, 0.15) is 6.92 Å². The number of amides is 2. The number of carbonyl (C=O) groups is 2. The molecule has 6 heteroatoms. The minimum atomic E-state index is -1.09. The molecule has 0 aromatic rings. The van der Waals surface area contributed by atoms with Crippen molar-refractivity contribution < 1.29 is 19.4 Å². The fourth-order valence-electron chi connectivity index (χ4n) is 1.88. The zero-order valence-corrected chi connectivity index (χ0v) is 11.1. The van der Waals surface area contributed by atoms with Crippen LogP contribution in [0.5, 0.6) is 0 Å². The Morgan fingerprint density at radius 2 is 2.05 bits per heavy atom. The van der Waals surface area contributed by atoms with Crippen molar-refractivity contribution in [2.75, 3.05) is 26.3 Å². The van der Waals surface area contributed by atoms with Crippen LogP contribution in [0.15, 0.2) is 25.3 Å². The van der Waals surface area contributed by atoms with Crippen molar-refractivity contribution >= 4 is 12.0 Å². The zero-order valence-electron chi connectivity index (χ0n) is 11.1. The van der Waals surface area contributed by atoms with E-state index in [0.29, 0.717) is 13.1 Å². The number of rotatable bonds is 6. The third kappa shape index (κ3) is 3.35. The average molecular weight is 268 g/mol. The molecule has 2 unspecified atom stereocenters. The minimum absolute atomic E-state index is 0.0934. The Morgan fingerprint density at radius 3 is 2.53 bits per heavy atom. The molecule has 0 aromatic carbocycles. The number of nitrogens with one attached hydrogen (secondary N) is 1. The predicted octanol–water partition coefficient (Wildman–Crippen LogP) is 0.860. The number of carboxylic acids is 1. The minimum Gasteiger partial charge on any atom is -0.481 e.